The van der Waals surface area contributed by atoms with Crippen LogP contribution in [0.1, 0.15) is 22.3 Å². The van der Waals surface area contributed by atoms with Crippen molar-refractivity contribution >= 4 is 21.9 Å². The molecule has 100 valence electrons. The molecule has 1 aromatic rings. The van der Waals surface area contributed by atoms with Gasteiger partial charge in [0, 0.05) is 24.0 Å². The highest BCUT2D eigenvalue weighted by Gasteiger charge is 2.08. The number of carbonyl (C=O) groups excluding carboxylic acids is 1. The Hall–Kier alpha value is -1.01. The van der Waals surface area contributed by atoms with E-state index in [9.17, 15) is 13.6 Å². The highest BCUT2D eigenvalue weighted by molar-refractivity contribution is 9.10. The minimum absolute atomic E-state index is 0.186. The zero-order chi connectivity index (χ0) is 13.5. The summed E-state index contributed by atoms with van der Waals surface area (Å²) >= 11 is 3.34. The largest absolute Gasteiger partial charge is 0.465 e. The van der Waals surface area contributed by atoms with Crippen molar-refractivity contribution < 1.29 is 18.3 Å². The van der Waals surface area contributed by atoms with Gasteiger partial charge in [-0.3, -0.25) is 0 Å². The van der Waals surface area contributed by atoms with Crippen LogP contribution >= 0.6 is 15.9 Å². The molecule has 18 heavy (non-hydrogen) atoms. The van der Waals surface area contributed by atoms with E-state index in [0.29, 0.717) is 12.1 Å². The molecule has 3 nitrogen and oxygen atoms in total. The zero-order valence-corrected chi connectivity index (χ0v) is 11.5. The summed E-state index contributed by atoms with van der Waals surface area (Å²) in [5.41, 5.74) is 1.26. The average Bonchev–Trinajstić information content (AvgIpc) is 2.35. The number of hydrogen-bond donors (Lipinski definition) is 1. The number of hydrogen-bond acceptors (Lipinski definition) is 3. The van der Waals surface area contributed by atoms with Gasteiger partial charge in [-0.1, -0.05) is 15.9 Å². The predicted octanol–water partition coefficient (Wildman–Crippen LogP) is 2.98. The van der Waals surface area contributed by atoms with E-state index in [2.05, 4.69) is 26.0 Å². The van der Waals surface area contributed by atoms with E-state index < -0.39 is 12.4 Å². The van der Waals surface area contributed by atoms with Crippen LogP contribution in [-0.2, 0) is 11.3 Å². The lowest BCUT2D eigenvalue weighted by Crippen LogP contribution is -2.17. The highest BCUT2D eigenvalue weighted by Crippen LogP contribution is 2.18. The van der Waals surface area contributed by atoms with E-state index in [4.69, 9.17) is 0 Å². The number of halogens is 3. The number of nitrogens with one attached hydrogen (secondary N) is 1. The summed E-state index contributed by atoms with van der Waals surface area (Å²) in [7, 11) is 1.31. The van der Waals surface area contributed by atoms with E-state index in [1.165, 1.54) is 7.11 Å². The second-order valence-corrected chi connectivity index (χ2v) is 4.51. The Morgan fingerprint density at radius 2 is 2.22 bits per heavy atom. The smallest absolute Gasteiger partial charge is 0.337 e. The van der Waals surface area contributed by atoms with Gasteiger partial charge in [0.05, 0.1) is 12.7 Å². The molecule has 6 heteroatoms. The monoisotopic (exact) mass is 321 g/mol. The molecule has 1 aromatic carbocycles. The van der Waals surface area contributed by atoms with Crippen molar-refractivity contribution in [3.8, 4) is 0 Å². The van der Waals surface area contributed by atoms with Crippen molar-refractivity contribution in [2.24, 2.45) is 0 Å². The molecule has 0 aliphatic rings. The predicted molar refractivity (Wildman–Crippen MR) is 67.8 cm³/mol. The molecule has 0 unspecified atom stereocenters. The maximum absolute atomic E-state index is 11.9. The van der Waals surface area contributed by atoms with Gasteiger partial charge in [-0.15, -0.1) is 0 Å². The molecule has 0 aliphatic heterocycles. The van der Waals surface area contributed by atoms with E-state index in [1.54, 1.807) is 18.2 Å². The van der Waals surface area contributed by atoms with Gasteiger partial charge < -0.3 is 10.1 Å². The van der Waals surface area contributed by atoms with Gasteiger partial charge in [0.2, 0.25) is 6.43 Å². The summed E-state index contributed by atoms with van der Waals surface area (Å²) in [4.78, 5) is 11.3. The van der Waals surface area contributed by atoms with Gasteiger partial charge in [0.25, 0.3) is 0 Å². The molecule has 0 aromatic heterocycles. The first kappa shape index (κ1) is 15.0. The lowest BCUT2D eigenvalue weighted by Gasteiger charge is -2.08. The highest BCUT2D eigenvalue weighted by atomic mass is 79.9. The number of esters is 1. The van der Waals surface area contributed by atoms with Crippen LogP contribution < -0.4 is 5.32 Å². The lowest BCUT2D eigenvalue weighted by atomic mass is 10.1. The number of benzene rings is 1. The fraction of sp³-hybridized carbons (Fsp3) is 0.417. The molecule has 0 atom stereocenters. The van der Waals surface area contributed by atoms with Gasteiger partial charge in [-0.2, -0.15) is 0 Å². The lowest BCUT2D eigenvalue weighted by molar-refractivity contribution is 0.0600. The molecular weight excluding hydrogens is 308 g/mol. The van der Waals surface area contributed by atoms with Crippen LogP contribution in [0, 0.1) is 0 Å². The Bertz CT molecular complexity index is 413. The quantitative estimate of drug-likeness (QED) is 0.646. The summed E-state index contributed by atoms with van der Waals surface area (Å²) in [6.45, 7) is 0.644. The minimum atomic E-state index is -2.30. The molecule has 0 spiro atoms. The molecule has 0 saturated heterocycles. The summed E-state index contributed by atoms with van der Waals surface area (Å²) in [5, 5.41) is 2.90. The first-order valence-electron chi connectivity index (χ1n) is 5.40. The van der Waals surface area contributed by atoms with Crippen LogP contribution in [0.15, 0.2) is 22.7 Å². The van der Waals surface area contributed by atoms with Crippen molar-refractivity contribution in [2.45, 2.75) is 19.4 Å². The van der Waals surface area contributed by atoms with E-state index in [-0.39, 0.29) is 13.0 Å². The van der Waals surface area contributed by atoms with Gasteiger partial charge in [0.1, 0.15) is 0 Å². The minimum Gasteiger partial charge on any atom is -0.465 e. The fourth-order valence-electron chi connectivity index (χ4n) is 1.39. The molecule has 1 N–H and O–H groups in total. The summed E-state index contributed by atoms with van der Waals surface area (Å²) in [6.07, 6.45) is -2.49. The standard InChI is InChI=1S/C12H14BrF2NO2/c1-18-12(17)8-2-3-10(13)9(6-8)7-16-5-4-11(14)15/h2-3,6,11,16H,4-5,7H2,1H3. The Kier molecular flexibility index (Phi) is 6.21. The zero-order valence-electron chi connectivity index (χ0n) is 9.88. The maximum Gasteiger partial charge on any atom is 0.337 e. The molecule has 0 saturated carbocycles. The molecule has 0 heterocycles. The Labute approximate surface area is 113 Å². The first-order valence-corrected chi connectivity index (χ1v) is 6.19. The van der Waals surface area contributed by atoms with Crippen LogP contribution in [-0.4, -0.2) is 26.0 Å². The molecular formula is C12H14BrF2NO2. The molecule has 0 aliphatic carbocycles. The van der Waals surface area contributed by atoms with Crippen molar-refractivity contribution in [1.29, 1.82) is 0 Å². The van der Waals surface area contributed by atoms with Crippen LogP contribution in [0.2, 0.25) is 0 Å². The van der Waals surface area contributed by atoms with Gasteiger partial charge in [0.15, 0.2) is 0 Å². The van der Waals surface area contributed by atoms with Crippen LogP contribution in [0.25, 0.3) is 0 Å². The SMILES string of the molecule is COC(=O)c1ccc(Br)c(CNCCC(F)F)c1. The number of ether oxygens (including phenoxy) is 1. The normalized spacial score (nSPS) is 10.7. The van der Waals surface area contributed by atoms with E-state index >= 15 is 0 Å². The van der Waals surface area contributed by atoms with E-state index in [1.807, 2.05) is 0 Å². The summed E-state index contributed by atoms with van der Waals surface area (Å²) < 4.78 is 29.3. The fourth-order valence-corrected chi connectivity index (χ4v) is 1.78. The van der Waals surface area contributed by atoms with E-state index in [0.717, 1.165) is 10.0 Å². The average molecular weight is 322 g/mol. The Morgan fingerprint density at radius 3 is 2.83 bits per heavy atom. The Morgan fingerprint density at radius 1 is 1.50 bits per heavy atom. The molecule has 0 fully saturated rings. The third-order valence-electron chi connectivity index (χ3n) is 2.32. The number of rotatable bonds is 6. The van der Waals surface area contributed by atoms with Crippen molar-refractivity contribution in [1.82, 2.24) is 5.32 Å². The third kappa shape index (κ3) is 4.70. The summed E-state index contributed by atoms with van der Waals surface area (Å²) in [6, 6.07) is 5.04. The van der Waals surface area contributed by atoms with Gasteiger partial charge in [-0.05, 0) is 23.8 Å². The Balaban J connectivity index is 2.61. The van der Waals surface area contributed by atoms with Crippen molar-refractivity contribution in [3.63, 3.8) is 0 Å². The van der Waals surface area contributed by atoms with Gasteiger partial charge >= 0.3 is 5.97 Å². The molecule has 0 radical (unpaired) electrons. The summed E-state index contributed by atoms with van der Waals surface area (Å²) in [5.74, 6) is -0.420. The number of alkyl halides is 2. The topological polar surface area (TPSA) is 38.3 Å². The third-order valence-corrected chi connectivity index (χ3v) is 3.10. The van der Waals surface area contributed by atoms with Crippen LogP contribution in [0.5, 0.6) is 0 Å². The molecule has 0 amide bonds. The second kappa shape index (κ2) is 7.43. The number of carbonyl (C=O) groups is 1. The molecule has 0 bridgehead atoms. The molecule has 1 rings (SSSR count). The first-order chi connectivity index (χ1) is 8.54. The van der Waals surface area contributed by atoms with Crippen LogP contribution in [0.3, 0.4) is 0 Å². The van der Waals surface area contributed by atoms with Gasteiger partial charge in [-0.25, -0.2) is 13.6 Å². The second-order valence-electron chi connectivity index (χ2n) is 3.65. The maximum atomic E-state index is 11.9. The number of methoxy groups -OCH3 is 1. The van der Waals surface area contributed by atoms with Crippen molar-refractivity contribution in [3.05, 3.63) is 33.8 Å². The van der Waals surface area contributed by atoms with Crippen LogP contribution in [0.4, 0.5) is 8.78 Å². The van der Waals surface area contributed by atoms with Crippen molar-refractivity contribution in [2.75, 3.05) is 13.7 Å².